The van der Waals surface area contributed by atoms with E-state index in [0.29, 0.717) is 28.4 Å². The molecule has 158 valence electrons. The van der Waals surface area contributed by atoms with Crippen LogP contribution in [-0.2, 0) is 0 Å². The van der Waals surface area contributed by atoms with Crippen LogP contribution in [-0.4, -0.2) is 45.3 Å². The molecule has 0 aliphatic carbocycles. The van der Waals surface area contributed by atoms with Crippen LogP contribution < -0.4 is 19.5 Å². The summed E-state index contributed by atoms with van der Waals surface area (Å²) < 4.78 is 16.1. The number of aromatic hydroxyl groups is 1. The van der Waals surface area contributed by atoms with Crippen molar-refractivity contribution >= 4 is 17.4 Å². The van der Waals surface area contributed by atoms with Gasteiger partial charge in [0.15, 0.2) is 17.3 Å². The van der Waals surface area contributed by atoms with Gasteiger partial charge in [-0.15, -0.1) is 0 Å². The van der Waals surface area contributed by atoms with Gasteiger partial charge in [-0.2, -0.15) is 0 Å². The lowest BCUT2D eigenvalue weighted by Gasteiger charge is -2.20. The number of rotatable bonds is 7. The fraction of sp³-hybridized carbons (Fsp3) is 0.292. The first-order valence-electron chi connectivity index (χ1n) is 9.75. The summed E-state index contributed by atoms with van der Waals surface area (Å²) in [7, 11) is 4.59. The number of carbonyl (C=O) groups is 1. The molecule has 0 radical (unpaired) electrons. The van der Waals surface area contributed by atoms with Gasteiger partial charge in [0.1, 0.15) is 17.1 Å². The zero-order valence-electron chi connectivity index (χ0n) is 17.7. The SMILES string of the molecule is COc1cccc(/C=C/C(=O)c2c(OC)cc(C)c(C3=CCNCC3)c2O)c1OC. The normalized spacial score (nSPS) is 13.8. The average Bonchev–Trinajstić information content (AvgIpc) is 2.77. The van der Waals surface area contributed by atoms with Gasteiger partial charge in [0.25, 0.3) is 0 Å². The first-order chi connectivity index (χ1) is 14.5. The summed E-state index contributed by atoms with van der Waals surface area (Å²) >= 11 is 0. The number of phenols is 1. The van der Waals surface area contributed by atoms with Gasteiger partial charge in [-0.1, -0.05) is 18.2 Å². The van der Waals surface area contributed by atoms with Crippen molar-refractivity contribution in [1.82, 2.24) is 5.32 Å². The van der Waals surface area contributed by atoms with E-state index in [0.717, 1.165) is 30.6 Å². The molecule has 0 aromatic heterocycles. The van der Waals surface area contributed by atoms with Crippen LogP contribution in [0.15, 0.2) is 36.4 Å². The number of allylic oxidation sites excluding steroid dienone is 1. The van der Waals surface area contributed by atoms with Crippen molar-refractivity contribution in [3.63, 3.8) is 0 Å². The molecule has 0 unspecified atom stereocenters. The molecule has 2 aromatic rings. The molecular formula is C24H27NO5. The van der Waals surface area contributed by atoms with Crippen LogP contribution in [0.4, 0.5) is 0 Å². The fourth-order valence-electron chi connectivity index (χ4n) is 3.72. The van der Waals surface area contributed by atoms with E-state index in [9.17, 15) is 9.90 Å². The van der Waals surface area contributed by atoms with E-state index in [-0.39, 0.29) is 17.1 Å². The molecule has 30 heavy (non-hydrogen) atoms. The number of aryl methyl sites for hydroxylation is 1. The van der Waals surface area contributed by atoms with Crippen molar-refractivity contribution in [2.24, 2.45) is 0 Å². The molecule has 0 fully saturated rings. The molecule has 1 aliphatic rings. The van der Waals surface area contributed by atoms with Gasteiger partial charge in [-0.25, -0.2) is 0 Å². The lowest BCUT2D eigenvalue weighted by atomic mass is 9.91. The van der Waals surface area contributed by atoms with Gasteiger partial charge < -0.3 is 24.6 Å². The van der Waals surface area contributed by atoms with Gasteiger partial charge in [0.05, 0.1) is 21.3 Å². The highest BCUT2D eigenvalue weighted by atomic mass is 16.5. The average molecular weight is 409 g/mol. The quantitative estimate of drug-likeness (QED) is 0.532. The summed E-state index contributed by atoms with van der Waals surface area (Å²) in [5.74, 6) is 1.04. The lowest BCUT2D eigenvalue weighted by molar-refractivity contribution is 0.104. The molecule has 1 heterocycles. The Morgan fingerprint density at radius 3 is 2.53 bits per heavy atom. The summed E-state index contributed by atoms with van der Waals surface area (Å²) in [6.45, 7) is 3.47. The second-order valence-corrected chi connectivity index (χ2v) is 6.96. The zero-order chi connectivity index (χ0) is 21.7. The Balaban J connectivity index is 2.04. The summed E-state index contributed by atoms with van der Waals surface area (Å²) in [5, 5.41) is 14.3. The molecule has 0 amide bonds. The first kappa shape index (κ1) is 21.5. The van der Waals surface area contributed by atoms with Crippen LogP contribution in [0.1, 0.15) is 33.5 Å². The van der Waals surface area contributed by atoms with E-state index in [1.807, 2.05) is 25.1 Å². The van der Waals surface area contributed by atoms with Crippen LogP contribution in [0.5, 0.6) is 23.0 Å². The van der Waals surface area contributed by atoms with Crippen LogP contribution in [0.2, 0.25) is 0 Å². The topological polar surface area (TPSA) is 77.0 Å². The molecule has 6 nitrogen and oxygen atoms in total. The maximum absolute atomic E-state index is 13.1. The van der Waals surface area contributed by atoms with E-state index >= 15 is 0 Å². The first-order valence-corrected chi connectivity index (χ1v) is 9.75. The smallest absolute Gasteiger partial charge is 0.193 e. The number of para-hydroxylation sites is 1. The Labute approximate surface area is 176 Å². The van der Waals surface area contributed by atoms with Crippen LogP contribution in [0.3, 0.4) is 0 Å². The van der Waals surface area contributed by atoms with E-state index in [2.05, 4.69) is 5.32 Å². The largest absolute Gasteiger partial charge is 0.506 e. The van der Waals surface area contributed by atoms with Crippen molar-refractivity contribution in [2.75, 3.05) is 34.4 Å². The van der Waals surface area contributed by atoms with E-state index in [1.54, 1.807) is 32.4 Å². The Bertz CT molecular complexity index is 1010. The summed E-state index contributed by atoms with van der Waals surface area (Å²) in [4.78, 5) is 13.1. The second kappa shape index (κ2) is 9.50. The highest BCUT2D eigenvalue weighted by Gasteiger charge is 2.23. The number of phenolic OH excluding ortho intramolecular Hbond substituents is 1. The van der Waals surface area contributed by atoms with Crippen molar-refractivity contribution in [3.8, 4) is 23.0 Å². The molecule has 2 aromatic carbocycles. The number of methoxy groups -OCH3 is 3. The van der Waals surface area contributed by atoms with Crippen LogP contribution in [0.25, 0.3) is 11.6 Å². The maximum Gasteiger partial charge on any atom is 0.193 e. The number of ketones is 1. The third-order valence-electron chi connectivity index (χ3n) is 5.16. The minimum absolute atomic E-state index is 0.0488. The van der Waals surface area contributed by atoms with Crippen molar-refractivity contribution < 1.29 is 24.1 Å². The van der Waals surface area contributed by atoms with Gasteiger partial charge in [0.2, 0.25) is 0 Å². The Kier molecular flexibility index (Phi) is 6.79. The Morgan fingerprint density at radius 1 is 1.13 bits per heavy atom. The van der Waals surface area contributed by atoms with Gasteiger partial charge in [-0.3, -0.25) is 4.79 Å². The molecule has 0 atom stereocenters. The molecule has 3 rings (SSSR count). The number of hydrogen-bond acceptors (Lipinski definition) is 6. The van der Waals surface area contributed by atoms with Gasteiger partial charge in [-0.05, 0) is 55.3 Å². The van der Waals surface area contributed by atoms with Gasteiger partial charge in [0, 0.05) is 17.7 Å². The third-order valence-corrected chi connectivity index (χ3v) is 5.16. The second-order valence-electron chi connectivity index (χ2n) is 6.96. The number of hydrogen-bond donors (Lipinski definition) is 2. The van der Waals surface area contributed by atoms with Crippen molar-refractivity contribution in [2.45, 2.75) is 13.3 Å². The molecule has 0 bridgehead atoms. The fourth-order valence-corrected chi connectivity index (χ4v) is 3.72. The Hall–Kier alpha value is -3.25. The van der Waals surface area contributed by atoms with Crippen LogP contribution in [0, 0.1) is 6.92 Å². The number of benzene rings is 2. The summed E-state index contributed by atoms with van der Waals surface area (Å²) in [6.07, 6.45) is 5.88. The van der Waals surface area contributed by atoms with E-state index in [4.69, 9.17) is 14.2 Å². The van der Waals surface area contributed by atoms with Crippen molar-refractivity contribution in [3.05, 3.63) is 58.7 Å². The molecular weight excluding hydrogens is 382 g/mol. The third kappa shape index (κ3) is 4.19. The standard InChI is InChI=1S/C24H27NO5/c1-15-14-20(29-3)22(23(27)21(15)16-10-12-25-13-11-16)18(26)9-8-17-6-5-7-19(28-2)24(17)30-4/h5-10,14,25,27H,11-13H2,1-4H3/b9-8+. The number of carbonyl (C=O) groups excluding carboxylic acids is 1. The molecule has 2 N–H and O–H groups in total. The molecule has 0 saturated heterocycles. The zero-order valence-corrected chi connectivity index (χ0v) is 17.7. The summed E-state index contributed by atoms with van der Waals surface area (Å²) in [6, 6.07) is 7.22. The van der Waals surface area contributed by atoms with Crippen LogP contribution >= 0.6 is 0 Å². The highest BCUT2D eigenvalue weighted by molar-refractivity contribution is 6.11. The van der Waals surface area contributed by atoms with Gasteiger partial charge >= 0.3 is 0 Å². The highest BCUT2D eigenvalue weighted by Crippen LogP contribution is 2.40. The van der Waals surface area contributed by atoms with E-state index < -0.39 is 0 Å². The number of ether oxygens (including phenoxy) is 3. The molecule has 6 heteroatoms. The van der Waals surface area contributed by atoms with E-state index in [1.165, 1.54) is 13.2 Å². The van der Waals surface area contributed by atoms with Crippen molar-refractivity contribution in [1.29, 1.82) is 0 Å². The summed E-state index contributed by atoms with van der Waals surface area (Å²) in [5.41, 5.74) is 3.44. The lowest BCUT2D eigenvalue weighted by Crippen LogP contribution is -2.20. The predicted molar refractivity (Wildman–Crippen MR) is 118 cm³/mol. The predicted octanol–water partition coefficient (Wildman–Crippen LogP) is 4.00. The number of nitrogens with one attached hydrogen (secondary N) is 1. The Morgan fingerprint density at radius 2 is 1.90 bits per heavy atom. The molecule has 1 aliphatic heterocycles. The molecule has 0 spiro atoms. The monoisotopic (exact) mass is 409 g/mol. The maximum atomic E-state index is 13.1. The molecule has 0 saturated carbocycles. The minimum Gasteiger partial charge on any atom is -0.506 e. The minimum atomic E-state index is -0.356.